The van der Waals surface area contributed by atoms with Gasteiger partial charge in [0.05, 0.1) is 12.6 Å². The Balaban J connectivity index is 2.12. The maximum Gasteiger partial charge on any atom is 0.419 e. The number of nitrogens with zero attached hydrogens (tertiary/aromatic N) is 1. The van der Waals surface area contributed by atoms with Crippen molar-refractivity contribution in [2.75, 3.05) is 13.2 Å². The van der Waals surface area contributed by atoms with E-state index in [1.54, 1.807) is 26.1 Å². The highest BCUT2D eigenvalue weighted by molar-refractivity contribution is 5.91. The van der Waals surface area contributed by atoms with Gasteiger partial charge >= 0.3 is 18.2 Å². The summed E-state index contributed by atoms with van der Waals surface area (Å²) in [7, 11) is 0. The zero-order chi connectivity index (χ0) is 25.1. The van der Waals surface area contributed by atoms with Crippen molar-refractivity contribution in [1.29, 1.82) is 0 Å². The van der Waals surface area contributed by atoms with E-state index in [0.29, 0.717) is 19.3 Å². The maximum atomic E-state index is 13.4. The molecule has 0 aromatic carbocycles. The van der Waals surface area contributed by atoms with Crippen LogP contribution in [-0.4, -0.2) is 66.5 Å². The van der Waals surface area contributed by atoms with Gasteiger partial charge in [0, 0.05) is 6.54 Å². The molecule has 33 heavy (non-hydrogen) atoms. The quantitative estimate of drug-likeness (QED) is 0.413. The van der Waals surface area contributed by atoms with E-state index in [9.17, 15) is 32.3 Å². The molecule has 0 aromatic rings. The minimum Gasteiger partial charge on any atom is -0.464 e. The van der Waals surface area contributed by atoms with Gasteiger partial charge in [-0.2, -0.15) is 13.2 Å². The number of alkyl halides is 3. The molecular formula is C22H34F3N3O5. The van der Waals surface area contributed by atoms with E-state index in [4.69, 9.17) is 4.74 Å². The molecule has 3 amide bonds. The molecule has 1 saturated heterocycles. The molecule has 188 valence electrons. The Labute approximate surface area is 192 Å². The third-order valence-corrected chi connectivity index (χ3v) is 6.14. The van der Waals surface area contributed by atoms with Gasteiger partial charge in [-0.3, -0.25) is 4.79 Å². The molecule has 4 atom stereocenters. The molecule has 0 bridgehead atoms. The number of hydrogen-bond donors (Lipinski definition) is 2. The predicted octanol–water partition coefficient (Wildman–Crippen LogP) is 2.66. The molecule has 0 radical (unpaired) electrons. The number of aldehydes is 1. The fraction of sp³-hybridized carbons (Fsp3) is 0.818. The van der Waals surface area contributed by atoms with E-state index >= 15 is 0 Å². The molecule has 1 saturated carbocycles. The lowest BCUT2D eigenvalue weighted by atomic mass is 9.85. The van der Waals surface area contributed by atoms with Crippen LogP contribution in [0, 0.1) is 23.2 Å². The monoisotopic (exact) mass is 477 g/mol. The standard InChI is InChI=1S/C22H34F3N3O5/c1-12(2)14-8-15(10-29)28(9-14)18(30)16(21(3,4)5)26-20(32)27-17(22(23,24)25)19(31)33-11-13-6-7-13/h10,12-17H,6-9,11H2,1-5H3,(H2,26,27,32). The first-order valence-corrected chi connectivity index (χ1v) is 11.2. The van der Waals surface area contributed by atoms with E-state index in [-0.39, 0.29) is 24.4 Å². The summed E-state index contributed by atoms with van der Waals surface area (Å²) in [6.07, 6.45) is -2.34. The van der Waals surface area contributed by atoms with Gasteiger partial charge in [-0.1, -0.05) is 34.6 Å². The van der Waals surface area contributed by atoms with Crippen molar-refractivity contribution >= 4 is 24.2 Å². The van der Waals surface area contributed by atoms with Crippen molar-refractivity contribution < 1.29 is 37.1 Å². The van der Waals surface area contributed by atoms with E-state index < -0.39 is 47.6 Å². The van der Waals surface area contributed by atoms with Crippen LogP contribution in [0.2, 0.25) is 0 Å². The topological polar surface area (TPSA) is 105 Å². The molecular weight excluding hydrogens is 443 g/mol. The first kappa shape index (κ1) is 26.9. The van der Waals surface area contributed by atoms with Crippen LogP contribution in [0.1, 0.15) is 53.9 Å². The van der Waals surface area contributed by atoms with Gasteiger partial charge in [-0.15, -0.1) is 0 Å². The molecule has 4 unspecified atom stereocenters. The van der Waals surface area contributed by atoms with E-state index in [1.807, 2.05) is 13.8 Å². The Morgan fingerprint density at radius 2 is 1.67 bits per heavy atom. The van der Waals surface area contributed by atoms with Gasteiger partial charge in [-0.25, -0.2) is 9.59 Å². The van der Waals surface area contributed by atoms with Crippen LogP contribution in [-0.2, 0) is 19.1 Å². The number of likely N-dealkylation sites (tertiary alicyclic amines) is 1. The number of rotatable bonds is 8. The average molecular weight is 478 g/mol. The maximum absolute atomic E-state index is 13.4. The lowest BCUT2D eigenvalue weighted by Gasteiger charge is -2.35. The molecule has 11 heteroatoms. The lowest BCUT2D eigenvalue weighted by Crippen LogP contribution is -2.61. The van der Waals surface area contributed by atoms with Crippen LogP contribution in [0.15, 0.2) is 0 Å². The SMILES string of the molecule is CC(C)C1CC(C=O)N(C(=O)C(NC(=O)NC(C(=O)OCC2CC2)C(F)(F)F)C(C)(C)C)C1. The molecule has 8 nitrogen and oxygen atoms in total. The van der Waals surface area contributed by atoms with Crippen LogP contribution in [0.4, 0.5) is 18.0 Å². The number of carbonyl (C=O) groups is 4. The number of amides is 3. The van der Waals surface area contributed by atoms with Gasteiger partial charge < -0.3 is 25.1 Å². The number of urea groups is 1. The largest absolute Gasteiger partial charge is 0.464 e. The summed E-state index contributed by atoms with van der Waals surface area (Å²) < 4.78 is 44.9. The number of carbonyl (C=O) groups excluding carboxylic acids is 4. The zero-order valence-electron chi connectivity index (χ0n) is 19.7. The second-order valence-electron chi connectivity index (χ2n) is 10.4. The molecule has 1 aliphatic heterocycles. The molecule has 0 aromatic heterocycles. The third-order valence-electron chi connectivity index (χ3n) is 6.14. The fourth-order valence-electron chi connectivity index (χ4n) is 3.73. The second kappa shape index (κ2) is 10.3. The van der Waals surface area contributed by atoms with Crippen molar-refractivity contribution in [2.45, 2.75) is 78.2 Å². The van der Waals surface area contributed by atoms with Gasteiger partial charge in [0.25, 0.3) is 0 Å². The number of nitrogens with one attached hydrogen (secondary N) is 2. The highest BCUT2D eigenvalue weighted by Gasteiger charge is 2.49. The van der Waals surface area contributed by atoms with E-state index in [2.05, 4.69) is 5.32 Å². The molecule has 2 N–H and O–H groups in total. The van der Waals surface area contributed by atoms with Crippen LogP contribution >= 0.6 is 0 Å². The Kier molecular flexibility index (Phi) is 8.40. The Bertz CT molecular complexity index is 747. The van der Waals surface area contributed by atoms with Crippen molar-refractivity contribution in [3.05, 3.63) is 0 Å². The Morgan fingerprint density at radius 3 is 2.12 bits per heavy atom. The van der Waals surface area contributed by atoms with Crippen LogP contribution in [0.5, 0.6) is 0 Å². The van der Waals surface area contributed by atoms with Crippen LogP contribution < -0.4 is 10.6 Å². The van der Waals surface area contributed by atoms with E-state index in [0.717, 1.165) is 12.8 Å². The van der Waals surface area contributed by atoms with Crippen molar-refractivity contribution in [3.8, 4) is 0 Å². The smallest absolute Gasteiger partial charge is 0.419 e. The molecule has 1 heterocycles. The number of ether oxygens (including phenoxy) is 1. The summed E-state index contributed by atoms with van der Waals surface area (Å²) in [4.78, 5) is 50.7. The molecule has 2 rings (SSSR count). The van der Waals surface area contributed by atoms with Gasteiger partial charge in [0.15, 0.2) is 0 Å². The summed E-state index contributed by atoms with van der Waals surface area (Å²) in [6, 6.07) is -6.06. The number of halogens is 3. The summed E-state index contributed by atoms with van der Waals surface area (Å²) in [5.41, 5.74) is -0.877. The summed E-state index contributed by atoms with van der Waals surface area (Å²) >= 11 is 0. The summed E-state index contributed by atoms with van der Waals surface area (Å²) in [5, 5.41) is 3.90. The van der Waals surface area contributed by atoms with Gasteiger partial charge in [0.1, 0.15) is 12.3 Å². The average Bonchev–Trinajstić information content (AvgIpc) is 3.41. The summed E-state index contributed by atoms with van der Waals surface area (Å²) in [5.74, 6) is -1.78. The van der Waals surface area contributed by atoms with Crippen molar-refractivity contribution in [1.82, 2.24) is 15.5 Å². The normalized spacial score (nSPS) is 23.1. The van der Waals surface area contributed by atoms with Gasteiger partial charge in [0.2, 0.25) is 11.9 Å². The molecule has 1 aliphatic carbocycles. The molecule has 0 spiro atoms. The number of hydrogen-bond acceptors (Lipinski definition) is 5. The second-order valence-corrected chi connectivity index (χ2v) is 10.4. The minimum atomic E-state index is -5.07. The minimum absolute atomic E-state index is 0.0560. The first-order chi connectivity index (χ1) is 15.1. The van der Waals surface area contributed by atoms with Gasteiger partial charge in [-0.05, 0) is 42.4 Å². The van der Waals surface area contributed by atoms with Crippen LogP contribution in [0.3, 0.4) is 0 Å². The Morgan fingerprint density at radius 1 is 1.09 bits per heavy atom. The first-order valence-electron chi connectivity index (χ1n) is 11.2. The Hall–Kier alpha value is -2.33. The molecule has 2 aliphatic rings. The van der Waals surface area contributed by atoms with Crippen LogP contribution in [0.25, 0.3) is 0 Å². The highest BCUT2D eigenvalue weighted by atomic mass is 19.4. The lowest BCUT2D eigenvalue weighted by molar-refractivity contribution is -0.183. The number of esters is 1. The summed E-state index contributed by atoms with van der Waals surface area (Å²) in [6.45, 7) is 9.08. The van der Waals surface area contributed by atoms with E-state index in [1.165, 1.54) is 4.90 Å². The zero-order valence-corrected chi connectivity index (χ0v) is 19.7. The van der Waals surface area contributed by atoms with Crippen molar-refractivity contribution in [2.24, 2.45) is 23.2 Å². The molecule has 2 fully saturated rings. The predicted molar refractivity (Wildman–Crippen MR) is 113 cm³/mol. The third kappa shape index (κ3) is 7.33. The van der Waals surface area contributed by atoms with Crippen molar-refractivity contribution in [3.63, 3.8) is 0 Å². The highest BCUT2D eigenvalue weighted by Crippen LogP contribution is 2.32. The fourth-order valence-corrected chi connectivity index (χ4v) is 3.73.